The number of halogens is 1. The number of nitrogens with two attached hydrogens (primary N) is 1. The van der Waals surface area contributed by atoms with Gasteiger partial charge in [0.25, 0.3) is 0 Å². The van der Waals surface area contributed by atoms with E-state index in [1.165, 1.54) is 0 Å². The van der Waals surface area contributed by atoms with Crippen LogP contribution in [-0.4, -0.2) is 41.6 Å². The summed E-state index contributed by atoms with van der Waals surface area (Å²) in [6.45, 7) is 0.547. The molecular formula is C13H15BrN4O2. The first-order valence-corrected chi connectivity index (χ1v) is 6.92. The molecule has 4 N–H and O–H groups in total. The fraction of sp³-hybridized carbons (Fsp3) is 0.308. The number of nitrogens with zero attached hydrogens (tertiary/aromatic N) is 2. The third-order valence-electron chi connectivity index (χ3n) is 3.09. The van der Waals surface area contributed by atoms with Crippen LogP contribution in [0, 0.1) is 0 Å². The summed E-state index contributed by atoms with van der Waals surface area (Å²) in [4.78, 5) is 15.2. The Bertz CT molecular complexity index is 542. The highest BCUT2D eigenvalue weighted by molar-refractivity contribution is 9.10. The SMILES string of the molecule is NN=C(C=N[C@@H]1CN[C@H](C(=O)O)C1)c1ccc(Br)cc1. The van der Waals surface area contributed by atoms with Crippen LogP contribution in [0.1, 0.15) is 12.0 Å². The molecule has 0 aromatic heterocycles. The standard InChI is InChI=1S/C13H15BrN4O2/c14-9-3-1-8(2-4-9)12(18-15)7-16-10-5-11(13(19)20)17-6-10/h1-4,7,10-11,17H,5-6,15H2,(H,19,20)/t10-,11-/m0/s1. The molecule has 0 spiro atoms. The van der Waals surface area contributed by atoms with Crippen LogP contribution in [0.15, 0.2) is 38.8 Å². The summed E-state index contributed by atoms with van der Waals surface area (Å²) in [6, 6.07) is 6.97. The number of aliphatic imine (C=N–C) groups is 1. The minimum absolute atomic E-state index is 0.0664. The smallest absolute Gasteiger partial charge is 0.320 e. The summed E-state index contributed by atoms with van der Waals surface area (Å²) in [5.41, 5.74) is 1.43. The average molecular weight is 339 g/mol. The van der Waals surface area contributed by atoms with Gasteiger partial charge in [-0.1, -0.05) is 28.1 Å². The van der Waals surface area contributed by atoms with E-state index in [4.69, 9.17) is 10.9 Å². The van der Waals surface area contributed by atoms with Crippen molar-refractivity contribution in [2.75, 3.05) is 6.54 Å². The molecule has 6 nitrogen and oxygen atoms in total. The van der Waals surface area contributed by atoms with Crippen LogP contribution >= 0.6 is 15.9 Å². The number of aliphatic carboxylic acids is 1. The van der Waals surface area contributed by atoms with Gasteiger partial charge >= 0.3 is 5.97 Å². The first-order chi connectivity index (χ1) is 9.60. The molecule has 7 heteroatoms. The molecule has 1 aliphatic heterocycles. The molecule has 2 atom stereocenters. The Morgan fingerprint density at radius 1 is 1.45 bits per heavy atom. The molecule has 1 aromatic carbocycles. The second kappa shape index (κ2) is 6.62. The summed E-state index contributed by atoms with van der Waals surface area (Å²) in [6.07, 6.45) is 2.07. The molecule has 0 saturated carbocycles. The van der Waals surface area contributed by atoms with Crippen LogP contribution in [0.4, 0.5) is 0 Å². The zero-order valence-corrected chi connectivity index (χ0v) is 12.2. The maximum Gasteiger partial charge on any atom is 0.320 e. The van der Waals surface area contributed by atoms with Gasteiger partial charge in [-0.2, -0.15) is 5.10 Å². The lowest BCUT2D eigenvalue weighted by molar-refractivity contribution is -0.139. The third-order valence-corrected chi connectivity index (χ3v) is 3.62. The number of carboxylic acids is 1. The Labute approximate surface area is 124 Å². The maximum atomic E-state index is 10.8. The van der Waals surface area contributed by atoms with Crippen LogP contribution in [-0.2, 0) is 4.79 Å². The largest absolute Gasteiger partial charge is 0.480 e. The van der Waals surface area contributed by atoms with E-state index in [-0.39, 0.29) is 6.04 Å². The molecule has 0 bridgehead atoms. The molecule has 2 rings (SSSR count). The number of carbonyl (C=O) groups is 1. The van der Waals surface area contributed by atoms with E-state index in [9.17, 15) is 4.79 Å². The van der Waals surface area contributed by atoms with Crippen molar-refractivity contribution in [3.63, 3.8) is 0 Å². The second-order valence-electron chi connectivity index (χ2n) is 4.49. The molecule has 0 radical (unpaired) electrons. The van der Waals surface area contributed by atoms with E-state index < -0.39 is 12.0 Å². The average Bonchev–Trinajstić information content (AvgIpc) is 2.90. The Morgan fingerprint density at radius 2 is 2.15 bits per heavy atom. The van der Waals surface area contributed by atoms with Crippen molar-refractivity contribution in [1.82, 2.24) is 5.32 Å². The van der Waals surface area contributed by atoms with Gasteiger partial charge in [0.2, 0.25) is 0 Å². The number of carboxylic acid groups (broad SMARTS) is 1. The number of hydrazone groups is 1. The highest BCUT2D eigenvalue weighted by Gasteiger charge is 2.28. The van der Waals surface area contributed by atoms with E-state index in [0.29, 0.717) is 18.7 Å². The summed E-state index contributed by atoms with van der Waals surface area (Å²) < 4.78 is 0.971. The van der Waals surface area contributed by atoms with Crippen LogP contribution < -0.4 is 11.2 Å². The third kappa shape index (κ3) is 3.64. The monoisotopic (exact) mass is 338 g/mol. The van der Waals surface area contributed by atoms with Crippen LogP contribution in [0.2, 0.25) is 0 Å². The molecule has 1 saturated heterocycles. The van der Waals surface area contributed by atoms with Gasteiger partial charge in [-0.05, 0) is 18.6 Å². The van der Waals surface area contributed by atoms with Crippen molar-refractivity contribution >= 4 is 33.8 Å². The summed E-state index contributed by atoms with van der Waals surface area (Å²) >= 11 is 3.36. The van der Waals surface area contributed by atoms with Gasteiger partial charge in [0, 0.05) is 22.8 Å². The number of hydrogen-bond acceptors (Lipinski definition) is 5. The van der Waals surface area contributed by atoms with E-state index in [2.05, 4.69) is 31.3 Å². The molecule has 20 heavy (non-hydrogen) atoms. The van der Waals surface area contributed by atoms with E-state index in [1.807, 2.05) is 24.3 Å². The Morgan fingerprint density at radius 3 is 2.70 bits per heavy atom. The fourth-order valence-corrected chi connectivity index (χ4v) is 2.26. The Hall–Kier alpha value is -1.73. The minimum atomic E-state index is -0.844. The Kier molecular flexibility index (Phi) is 4.86. The molecular weight excluding hydrogens is 324 g/mol. The first kappa shape index (κ1) is 14.7. The van der Waals surface area contributed by atoms with Gasteiger partial charge in [0.15, 0.2) is 0 Å². The van der Waals surface area contributed by atoms with E-state index >= 15 is 0 Å². The number of nitrogens with one attached hydrogen (secondary N) is 1. The van der Waals surface area contributed by atoms with Gasteiger partial charge in [-0.3, -0.25) is 9.79 Å². The van der Waals surface area contributed by atoms with Crippen molar-refractivity contribution in [1.29, 1.82) is 0 Å². The van der Waals surface area contributed by atoms with Gasteiger partial charge in [-0.25, -0.2) is 0 Å². The highest BCUT2D eigenvalue weighted by atomic mass is 79.9. The quantitative estimate of drug-likeness (QED) is 0.433. The topological polar surface area (TPSA) is 100 Å². The molecule has 0 amide bonds. The maximum absolute atomic E-state index is 10.8. The summed E-state index contributed by atoms with van der Waals surface area (Å²) in [5, 5.41) is 15.5. The second-order valence-corrected chi connectivity index (χ2v) is 5.40. The lowest BCUT2D eigenvalue weighted by Gasteiger charge is -2.03. The summed E-state index contributed by atoms with van der Waals surface area (Å²) in [5.74, 6) is 4.53. The van der Waals surface area contributed by atoms with Crippen molar-refractivity contribution < 1.29 is 9.90 Å². The van der Waals surface area contributed by atoms with Gasteiger partial charge in [-0.15, -0.1) is 0 Å². The van der Waals surface area contributed by atoms with Gasteiger partial charge in [0.05, 0.1) is 6.04 Å². The minimum Gasteiger partial charge on any atom is -0.480 e. The molecule has 1 fully saturated rings. The highest BCUT2D eigenvalue weighted by Crippen LogP contribution is 2.12. The lowest BCUT2D eigenvalue weighted by Crippen LogP contribution is -2.29. The lowest BCUT2D eigenvalue weighted by atomic mass is 10.1. The Balaban J connectivity index is 2.02. The number of rotatable bonds is 4. The van der Waals surface area contributed by atoms with Crippen molar-refractivity contribution in [3.8, 4) is 0 Å². The molecule has 0 aliphatic carbocycles. The number of benzene rings is 1. The zero-order valence-electron chi connectivity index (χ0n) is 10.7. The predicted octanol–water partition coefficient (Wildman–Crippen LogP) is 0.998. The fourth-order valence-electron chi connectivity index (χ4n) is 2.00. The zero-order chi connectivity index (χ0) is 14.5. The molecule has 1 aliphatic rings. The number of hydrogen-bond donors (Lipinski definition) is 3. The van der Waals surface area contributed by atoms with Crippen LogP contribution in [0.5, 0.6) is 0 Å². The molecule has 0 unspecified atom stereocenters. The van der Waals surface area contributed by atoms with E-state index in [1.54, 1.807) is 6.21 Å². The normalized spacial score (nSPS) is 23.4. The predicted molar refractivity (Wildman–Crippen MR) is 81.2 cm³/mol. The van der Waals surface area contributed by atoms with Gasteiger partial charge in [0.1, 0.15) is 11.8 Å². The van der Waals surface area contributed by atoms with Crippen molar-refractivity contribution in [3.05, 3.63) is 34.3 Å². The van der Waals surface area contributed by atoms with Crippen molar-refractivity contribution in [2.45, 2.75) is 18.5 Å². The van der Waals surface area contributed by atoms with Crippen LogP contribution in [0.25, 0.3) is 0 Å². The first-order valence-electron chi connectivity index (χ1n) is 6.13. The molecule has 1 aromatic rings. The summed E-state index contributed by atoms with van der Waals surface area (Å²) in [7, 11) is 0. The van der Waals surface area contributed by atoms with E-state index in [0.717, 1.165) is 10.0 Å². The van der Waals surface area contributed by atoms with Gasteiger partial charge < -0.3 is 16.3 Å². The van der Waals surface area contributed by atoms with Crippen LogP contribution in [0.3, 0.4) is 0 Å². The molecule has 1 heterocycles. The molecule has 106 valence electrons. The van der Waals surface area contributed by atoms with Crippen molar-refractivity contribution in [2.24, 2.45) is 15.9 Å².